The fraction of sp³-hybridized carbons (Fsp3) is 0.636. The average molecular weight is 209 g/mol. The maximum atomic E-state index is 11.3. The number of rotatable bonds is 4. The molecule has 0 aromatic heterocycles. The first kappa shape index (κ1) is 11.6. The molecule has 0 aromatic carbocycles. The van der Waals surface area contributed by atoms with Gasteiger partial charge in [0.25, 0.3) is 0 Å². The Bertz CT molecular complexity index is 297. The Morgan fingerprint density at radius 1 is 1.40 bits per heavy atom. The maximum absolute atomic E-state index is 11.3. The molecule has 1 rings (SSSR count). The molecular formula is C11H15NO3. The predicted octanol–water partition coefficient (Wildman–Crippen LogP) is 0.913. The van der Waals surface area contributed by atoms with Gasteiger partial charge in [0.1, 0.15) is 0 Å². The summed E-state index contributed by atoms with van der Waals surface area (Å²) in [4.78, 5) is 22.0. The van der Waals surface area contributed by atoms with E-state index in [1.165, 1.54) is 0 Å². The zero-order chi connectivity index (χ0) is 11.3. The Hall–Kier alpha value is -1.50. The fourth-order valence-corrected chi connectivity index (χ4v) is 2.12. The average Bonchev–Trinajstić information content (AvgIpc) is 2.51. The molecule has 1 aliphatic carbocycles. The molecule has 1 fully saturated rings. The molecule has 1 aliphatic rings. The number of hydrogen-bond acceptors (Lipinski definition) is 2. The number of hydrogen-bond donors (Lipinski definition) is 2. The van der Waals surface area contributed by atoms with Crippen LogP contribution in [0.15, 0.2) is 0 Å². The zero-order valence-electron chi connectivity index (χ0n) is 8.58. The summed E-state index contributed by atoms with van der Waals surface area (Å²) < 4.78 is 0. The van der Waals surface area contributed by atoms with Crippen LogP contribution in [0.25, 0.3) is 0 Å². The Labute approximate surface area is 89.0 Å². The number of carboxylic acids is 1. The highest BCUT2D eigenvalue weighted by molar-refractivity contribution is 5.80. The van der Waals surface area contributed by atoms with E-state index in [1.54, 1.807) is 0 Å². The fourth-order valence-electron chi connectivity index (χ4n) is 2.12. The smallest absolute Gasteiger partial charge is 0.305 e. The highest BCUT2D eigenvalue weighted by Crippen LogP contribution is 2.32. The number of aliphatic carboxylic acids is 1. The molecule has 82 valence electrons. The normalized spacial score (nSPS) is 18.1. The molecular weight excluding hydrogens is 194 g/mol. The van der Waals surface area contributed by atoms with Crippen molar-refractivity contribution in [3.05, 3.63) is 0 Å². The third-order valence-electron chi connectivity index (χ3n) is 2.72. The summed E-state index contributed by atoms with van der Waals surface area (Å²) in [6.07, 6.45) is 8.41. The molecule has 0 saturated heterocycles. The van der Waals surface area contributed by atoms with Crippen molar-refractivity contribution in [1.82, 2.24) is 5.32 Å². The summed E-state index contributed by atoms with van der Waals surface area (Å²) in [6, 6.07) is 0. The number of nitrogens with one attached hydrogen (secondary N) is 1. The molecule has 2 N–H and O–H groups in total. The van der Waals surface area contributed by atoms with Crippen LogP contribution in [0.3, 0.4) is 0 Å². The minimum atomic E-state index is -0.877. The summed E-state index contributed by atoms with van der Waals surface area (Å²) in [5.74, 6) is 1.13. The van der Waals surface area contributed by atoms with Crippen LogP contribution in [-0.2, 0) is 9.59 Å². The second-order valence-corrected chi connectivity index (χ2v) is 3.99. The first-order valence-corrected chi connectivity index (χ1v) is 5.04. The van der Waals surface area contributed by atoms with E-state index >= 15 is 0 Å². The van der Waals surface area contributed by atoms with Crippen molar-refractivity contribution < 1.29 is 14.7 Å². The number of carboxylic acid groups (broad SMARTS) is 1. The lowest BCUT2D eigenvalue weighted by Crippen LogP contribution is -2.47. The molecule has 0 heterocycles. The van der Waals surface area contributed by atoms with Gasteiger partial charge in [-0.2, -0.15) is 0 Å². The lowest BCUT2D eigenvalue weighted by Gasteiger charge is -2.28. The highest BCUT2D eigenvalue weighted by atomic mass is 16.4. The van der Waals surface area contributed by atoms with Crippen molar-refractivity contribution in [3.63, 3.8) is 0 Å². The van der Waals surface area contributed by atoms with Crippen molar-refractivity contribution in [2.45, 2.75) is 44.1 Å². The van der Waals surface area contributed by atoms with Gasteiger partial charge < -0.3 is 10.4 Å². The van der Waals surface area contributed by atoms with E-state index in [-0.39, 0.29) is 18.7 Å². The molecule has 0 radical (unpaired) electrons. The van der Waals surface area contributed by atoms with Crippen molar-refractivity contribution in [3.8, 4) is 12.3 Å². The minimum Gasteiger partial charge on any atom is -0.481 e. The number of terminal acetylenes is 1. The van der Waals surface area contributed by atoms with Crippen LogP contribution in [-0.4, -0.2) is 22.5 Å². The molecule has 0 unspecified atom stereocenters. The van der Waals surface area contributed by atoms with E-state index in [2.05, 4.69) is 11.2 Å². The van der Waals surface area contributed by atoms with Gasteiger partial charge in [-0.3, -0.25) is 9.59 Å². The van der Waals surface area contributed by atoms with Gasteiger partial charge in [0.05, 0.1) is 18.4 Å². The summed E-state index contributed by atoms with van der Waals surface area (Å²) in [5.41, 5.74) is -0.556. The first-order valence-electron chi connectivity index (χ1n) is 5.04. The molecule has 4 heteroatoms. The minimum absolute atomic E-state index is 0.0106. The van der Waals surface area contributed by atoms with Crippen LogP contribution in [0.1, 0.15) is 38.5 Å². The number of carbonyl (C=O) groups is 2. The molecule has 1 amide bonds. The van der Waals surface area contributed by atoms with Gasteiger partial charge in [-0.05, 0) is 12.8 Å². The number of amides is 1. The third kappa shape index (κ3) is 3.28. The second kappa shape index (κ2) is 4.83. The Balaban J connectivity index is 2.61. The van der Waals surface area contributed by atoms with E-state index < -0.39 is 11.5 Å². The second-order valence-electron chi connectivity index (χ2n) is 3.99. The molecule has 0 aromatic rings. The maximum Gasteiger partial charge on any atom is 0.305 e. The monoisotopic (exact) mass is 209 g/mol. The van der Waals surface area contributed by atoms with Crippen molar-refractivity contribution >= 4 is 11.9 Å². The topological polar surface area (TPSA) is 66.4 Å². The van der Waals surface area contributed by atoms with Gasteiger partial charge in [-0.25, -0.2) is 0 Å². The Kier molecular flexibility index (Phi) is 3.73. The van der Waals surface area contributed by atoms with Gasteiger partial charge >= 0.3 is 5.97 Å². The third-order valence-corrected chi connectivity index (χ3v) is 2.72. The summed E-state index contributed by atoms with van der Waals surface area (Å²) >= 11 is 0. The highest BCUT2D eigenvalue weighted by Gasteiger charge is 2.37. The van der Waals surface area contributed by atoms with Gasteiger partial charge in [0.15, 0.2) is 0 Å². The number of carbonyl (C=O) groups excluding carboxylic acids is 1. The molecule has 0 atom stereocenters. The van der Waals surface area contributed by atoms with Gasteiger partial charge in [-0.1, -0.05) is 18.8 Å². The summed E-state index contributed by atoms with van der Waals surface area (Å²) in [7, 11) is 0. The van der Waals surface area contributed by atoms with Gasteiger partial charge in [0.2, 0.25) is 5.91 Å². The van der Waals surface area contributed by atoms with Crippen LogP contribution < -0.4 is 5.32 Å². The van der Waals surface area contributed by atoms with E-state index in [1.807, 2.05) is 0 Å². The molecule has 0 spiro atoms. The van der Waals surface area contributed by atoms with Crippen LogP contribution in [0.2, 0.25) is 0 Å². The van der Waals surface area contributed by atoms with Crippen molar-refractivity contribution in [2.24, 2.45) is 0 Å². The molecule has 4 nitrogen and oxygen atoms in total. The summed E-state index contributed by atoms with van der Waals surface area (Å²) in [5, 5.41) is 11.6. The predicted molar refractivity (Wildman–Crippen MR) is 55.0 cm³/mol. The van der Waals surface area contributed by atoms with Gasteiger partial charge in [-0.15, -0.1) is 6.42 Å². The van der Waals surface area contributed by atoms with Crippen LogP contribution in [0, 0.1) is 12.3 Å². The van der Waals surface area contributed by atoms with E-state index in [4.69, 9.17) is 11.5 Å². The van der Waals surface area contributed by atoms with Gasteiger partial charge in [0, 0.05) is 0 Å². The Morgan fingerprint density at radius 3 is 2.47 bits per heavy atom. The summed E-state index contributed by atoms with van der Waals surface area (Å²) in [6.45, 7) is 0. The lowest BCUT2D eigenvalue weighted by molar-refractivity contribution is -0.139. The zero-order valence-corrected chi connectivity index (χ0v) is 8.58. The van der Waals surface area contributed by atoms with E-state index in [9.17, 15) is 9.59 Å². The lowest BCUT2D eigenvalue weighted by atomic mass is 9.93. The molecule has 15 heavy (non-hydrogen) atoms. The van der Waals surface area contributed by atoms with Crippen LogP contribution in [0.4, 0.5) is 0 Å². The van der Waals surface area contributed by atoms with Crippen molar-refractivity contribution in [2.75, 3.05) is 0 Å². The molecule has 0 aliphatic heterocycles. The standard InChI is InChI=1S/C11H15NO3/c1-2-5-9(13)12-11(8-10(14)15)6-3-4-7-11/h1H,3-8H2,(H,12,13)(H,14,15). The largest absolute Gasteiger partial charge is 0.481 e. The Morgan fingerprint density at radius 2 is 2.00 bits per heavy atom. The van der Waals surface area contributed by atoms with Crippen molar-refractivity contribution in [1.29, 1.82) is 0 Å². The first-order chi connectivity index (χ1) is 7.08. The quantitative estimate of drug-likeness (QED) is 0.676. The van der Waals surface area contributed by atoms with Crippen LogP contribution in [0.5, 0.6) is 0 Å². The van der Waals surface area contributed by atoms with Crippen LogP contribution >= 0.6 is 0 Å². The van der Waals surface area contributed by atoms with E-state index in [0.717, 1.165) is 25.7 Å². The SMILES string of the molecule is C#CCC(=O)NC1(CC(=O)O)CCCC1. The van der Waals surface area contributed by atoms with E-state index in [0.29, 0.717) is 0 Å². The molecule has 0 bridgehead atoms. The molecule has 1 saturated carbocycles.